The molecule has 0 radical (unpaired) electrons. The zero-order valence-corrected chi connectivity index (χ0v) is 15.1. The topological polar surface area (TPSA) is 64.4 Å². The molecule has 6 heteroatoms. The van der Waals surface area contributed by atoms with Gasteiger partial charge in [0, 0.05) is 19.3 Å². The first-order valence-electron chi connectivity index (χ1n) is 9.58. The molecule has 2 fully saturated rings. The number of halogens is 2. The summed E-state index contributed by atoms with van der Waals surface area (Å²) in [5.41, 5.74) is 5.61. The van der Waals surface area contributed by atoms with Crippen LogP contribution in [-0.2, 0) is 9.53 Å². The number of ether oxygens (including phenoxy) is 1. The van der Waals surface area contributed by atoms with Crippen LogP contribution in [0.15, 0.2) is 18.2 Å². The van der Waals surface area contributed by atoms with Gasteiger partial charge in [-0.2, -0.15) is 0 Å². The largest absolute Gasteiger partial charge is 0.381 e. The number of benzene rings is 1. The third kappa shape index (κ3) is 4.41. The van der Waals surface area contributed by atoms with Gasteiger partial charge in [-0.15, -0.1) is 0 Å². The van der Waals surface area contributed by atoms with Crippen molar-refractivity contribution in [3.05, 3.63) is 35.4 Å². The van der Waals surface area contributed by atoms with E-state index in [1.54, 1.807) is 6.07 Å². The number of primary amides is 1. The van der Waals surface area contributed by atoms with Crippen molar-refractivity contribution >= 4 is 5.91 Å². The van der Waals surface area contributed by atoms with Crippen molar-refractivity contribution in [3.8, 4) is 0 Å². The molecular formula is C20H28F2N2O2. The van der Waals surface area contributed by atoms with Gasteiger partial charge in [0.1, 0.15) is 17.2 Å². The van der Waals surface area contributed by atoms with Gasteiger partial charge in [0.05, 0.1) is 0 Å². The molecule has 1 amide bonds. The Bertz CT molecular complexity index is 624. The molecule has 1 heterocycles. The molecule has 0 atom stereocenters. The van der Waals surface area contributed by atoms with Crippen molar-refractivity contribution in [2.24, 2.45) is 11.7 Å². The Morgan fingerprint density at radius 1 is 1.19 bits per heavy atom. The van der Waals surface area contributed by atoms with Crippen LogP contribution >= 0.6 is 0 Å². The van der Waals surface area contributed by atoms with Crippen molar-refractivity contribution < 1.29 is 18.3 Å². The first-order chi connectivity index (χ1) is 12.5. The van der Waals surface area contributed by atoms with Crippen LogP contribution in [0, 0.1) is 17.6 Å². The lowest BCUT2D eigenvalue weighted by atomic mass is 9.77. The van der Waals surface area contributed by atoms with Gasteiger partial charge >= 0.3 is 0 Å². The third-order valence-electron chi connectivity index (χ3n) is 6.08. The van der Waals surface area contributed by atoms with Crippen LogP contribution in [0.3, 0.4) is 0 Å². The lowest BCUT2D eigenvalue weighted by Crippen LogP contribution is -2.58. The van der Waals surface area contributed by atoms with Gasteiger partial charge < -0.3 is 15.8 Å². The molecule has 3 rings (SSSR count). The van der Waals surface area contributed by atoms with Crippen molar-refractivity contribution in [3.63, 3.8) is 0 Å². The van der Waals surface area contributed by atoms with Crippen LogP contribution in [0.5, 0.6) is 0 Å². The van der Waals surface area contributed by atoms with Gasteiger partial charge in [-0.05, 0) is 75.0 Å². The molecule has 0 aromatic heterocycles. The summed E-state index contributed by atoms with van der Waals surface area (Å²) < 4.78 is 32.4. The molecule has 144 valence electrons. The normalized spacial score (nSPS) is 25.8. The number of carbonyl (C=O) groups excluding carboxylic acids is 1. The van der Waals surface area contributed by atoms with Crippen LogP contribution in [0.25, 0.3) is 0 Å². The van der Waals surface area contributed by atoms with Gasteiger partial charge in [0.15, 0.2) is 0 Å². The molecule has 4 nitrogen and oxygen atoms in total. The maximum atomic E-state index is 14.0. The molecule has 2 aliphatic rings. The third-order valence-corrected chi connectivity index (χ3v) is 6.08. The summed E-state index contributed by atoms with van der Waals surface area (Å²) in [6.45, 7) is 1.87. The highest BCUT2D eigenvalue weighted by Gasteiger charge is 2.38. The van der Waals surface area contributed by atoms with E-state index in [4.69, 9.17) is 10.5 Å². The second kappa shape index (κ2) is 8.44. The Kier molecular flexibility index (Phi) is 6.24. The van der Waals surface area contributed by atoms with Gasteiger partial charge in [-0.1, -0.05) is 6.07 Å². The Hall–Kier alpha value is -1.53. The molecule has 1 aliphatic heterocycles. The fourth-order valence-electron chi connectivity index (χ4n) is 4.34. The summed E-state index contributed by atoms with van der Waals surface area (Å²) >= 11 is 0. The summed E-state index contributed by atoms with van der Waals surface area (Å²) in [5, 5.41) is 3.38. The Morgan fingerprint density at radius 2 is 1.88 bits per heavy atom. The number of hydrogen-bond acceptors (Lipinski definition) is 3. The summed E-state index contributed by atoms with van der Waals surface area (Å²) in [6.07, 6.45) is 6.11. The molecule has 0 unspecified atom stereocenters. The molecule has 0 bridgehead atoms. The predicted molar refractivity (Wildman–Crippen MR) is 95.7 cm³/mol. The van der Waals surface area contributed by atoms with Crippen molar-refractivity contribution in [2.45, 2.75) is 56.4 Å². The quantitative estimate of drug-likeness (QED) is 0.812. The molecule has 26 heavy (non-hydrogen) atoms. The van der Waals surface area contributed by atoms with Crippen molar-refractivity contribution in [1.29, 1.82) is 0 Å². The van der Waals surface area contributed by atoms with Crippen LogP contribution < -0.4 is 11.1 Å². The van der Waals surface area contributed by atoms with Gasteiger partial charge in [0.25, 0.3) is 0 Å². The maximum absolute atomic E-state index is 14.0. The van der Waals surface area contributed by atoms with Crippen LogP contribution in [0.4, 0.5) is 8.78 Å². The molecular weight excluding hydrogens is 338 g/mol. The van der Waals surface area contributed by atoms with E-state index < -0.39 is 17.2 Å². The second-order valence-electron chi connectivity index (χ2n) is 7.66. The van der Waals surface area contributed by atoms with E-state index in [0.717, 1.165) is 44.7 Å². The highest BCUT2D eigenvalue weighted by molar-refractivity contribution is 5.84. The summed E-state index contributed by atoms with van der Waals surface area (Å²) in [7, 11) is 0. The van der Waals surface area contributed by atoms with Crippen molar-refractivity contribution in [1.82, 2.24) is 5.32 Å². The van der Waals surface area contributed by atoms with Crippen molar-refractivity contribution in [2.75, 3.05) is 19.8 Å². The van der Waals surface area contributed by atoms with Gasteiger partial charge in [0.2, 0.25) is 5.91 Å². The first-order valence-corrected chi connectivity index (χ1v) is 9.58. The first kappa shape index (κ1) is 19.2. The number of rotatable bonds is 6. The van der Waals surface area contributed by atoms with E-state index in [2.05, 4.69) is 5.32 Å². The number of nitrogens with one attached hydrogen (secondary N) is 1. The fourth-order valence-corrected chi connectivity index (χ4v) is 4.34. The van der Waals surface area contributed by atoms with E-state index in [-0.39, 0.29) is 11.8 Å². The van der Waals surface area contributed by atoms with Gasteiger partial charge in [-0.3, -0.25) is 4.79 Å². The number of nitrogens with two attached hydrogens (primary N) is 1. The minimum absolute atomic E-state index is 0.173. The number of amides is 1. The predicted octanol–water partition coefficient (Wildman–Crippen LogP) is 3.25. The lowest BCUT2D eigenvalue weighted by Gasteiger charge is -2.36. The van der Waals surface area contributed by atoms with E-state index in [1.165, 1.54) is 6.07 Å². The van der Waals surface area contributed by atoms with E-state index >= 15 is 0 Å². The van der Waals surface area contributed by atoms with E-state index in [0.29, 0.717) is 37.5 Å². The zero-order valence-electron chi connectivity index (χ0n) is 15.1. The Labute approximate surface area is 153 Å². The monoisotopic (exact) mass is 366 g/mol. The molecule has 1 saturated heterocycles. The van der Waals surface area contributed by atoms with E-state index in [1.807, 2.05) is 0 Å². The zero-order chi connectivity index (χ0) is 18.6. The molecule has 1 saturated carbocycles. The summed E-state index contributed by atoms with van der Waals surface area (Å²) in [4.78, 5) is 11.9. The molecule has 1 aliphatic carbocycles. The maximum Gasteiger partial charge on any atom is 0.237 e. The fraction of sp³-hybridized carbons (Fsp3) is 0.650. The van der Waals surface area contributed by atoms with Crippen LogP contribution in [0.2, 0.25) is 0 Å². The average Bonchev–Trinajstić information content (AvgIpc) is 2.63. The van der Waals surface area contributed by atoms with Gasteiger partial charge in [-0.25, -0.2) is 8.78 Å². The number of hydrogen-bond donors (Lipinski definition) is 2. The Balaban J connectivity index is 1.46. The molecule has 1 aromatic rings. The molecule has 1 aromatic carbocycles. The Morgan fingerprint density at radius 3 is 2.50 bits per heavy atom. The second-order valence-corrected chi connectivity index (χ2v) is 7.66. The van der Waals surface area contributed by atoms with E-state index in [9.17, 15) is 13.6 Å². The minimum atomic E-state index is -0.632. The molecule has 3 N–H and O–H groups in total. The smallest absolute Gasteiger partial charge is 0.237 e. The number of carbonyl (C=O) groups is 1. The highest BCUT2D eigenvalue weighted by atomic mass is 19.1. The lowest BCUT2D eigenvalue weighted by molar-refractivity contribution is -0.128. The van der Waals surface area contributed by atoms with Crippen LogP contribution in [0.1, 0.15) is 56.4 Å². The highest BCUT2D eigenvalue weighted by Crippen LogP contribution is 2.38. The van der Waals surface area contributed by atoms with Crippen LogP contribution in [-0.4, -0.2) is 31.2 Å². The standard InChI is InChI=1S/C20H28F2N2O2/c21-16-5-6-17(18(22)13-16)15-3-1-14(2-4-15)7-10-24-20(19(23)25)8-11-26-12-9-20/h5-6,13-15,24H,1-4,7-12H2,(H2,23,25). The SMILES string of the molecule is NC(=O)C1(NCCC2CCC(c3ccc(F)cc3F)CC2)CCOCC1. The summed E-state index contributed by atoms with van der Waals surface area (Å²) in [6, 6.07) is 3.90. The molecule has 0 spiro atoms. The average molecular weight is 366 g/mol. The summed E-state index contributed by atoms with van der Waals surface area (Å²) in [5.74, 6) is -0.517. The minimum Gasteiger partial charge on any atom is -0.381 e.